The van der Waals surface area contributed by atoms with Crippen molar-refractivity contribution in [1.29, 1.82) is 0 Å². The molecule has 0 saturated carbocycles. The number of carboxylic acid groups (broad SMARTS) is 1. The van der Waals surface area contributed by atoms with E-state index in [1.165, 1.54) is 6.07 Å². The van der Waals surface area contributed by atoms with E-state index < -0.39 is 11.8 Å². The lowest BCUT2D eigenvalue weighted by molar-refractivity contribution is 0.0698. The van der Waals surface area contributed by atoms with Crippen LogP contribution in [-0.4, -0.2) is 17.6 Å². The van der Waals surface area contributed by atoms with E-state index in [9.17, 15) is 9.18 Å². The molecule has 0 atom stereocenters. The molecule has 0 aliphatic heterocycles. The Kier molecular flexibility index (Phi) is 4.65. The number of nitrogens with one attached hydrogen (secondary N) is 1. The van der Waals surface area contributed by atoms with Gasteiger partial charge >= 0.3 is 5.97 Å². The Labute approximate surface area is 126 Å². The minimum Gasteiger partial charge on any atom is -0.478 e. The summed E-state index contributed by atoms with van der Waals surface area (Å²) in [5, 5.41) is 12.7. The lowest BCUT2D eigenvalue weighted by Crippen LogP contribution is -2.12. The predicted octanol–water partition coefficient (Wildman–Crippen LogP) is 3.41. The molecule has 2 rings (SSSR count). The number of nitrogens with two attached hydrogens (primary N) is 1. The maximum Gasteiger partial charge on any atom is 0.340 e. The van der Waals surface area contributed by atoms with Crippen LogP contribution in [0.2, 0.25) is 5.02 Å². The Morgan fingerprint density at radius 1 is 1.24 bits per heavy atom. The van der Waals surface area contributed by atoms with Crippen LogP contribution in [0.3, 0.4) is 0 Å². The Morgan fingerprint density at radius 2 is 1.90 bits per heavy atom. The molecular formula is C15H14ClFN2O2. The van der Waals surface area contributed by atoms with Crippen LogP contribution >= 0.6 is 11.6 Å². The highest BCUT2D eigenvalue weighted by Gasteiger charge is 2.17. The van der Waals surface area contributed by atoms with Crippen molar-refractivity contribution in [2.24, 2.45) is 0 Å². The molecule has 6 heteroatoms. The van der Waals surface area contributed by atoms with Crippen LogP contribution in [0.1, 0.15) is 15.9 Å². The summed E-state index contributed by atoms with van der Waals surface area (Å²) in [6, 6.07) is 9.87. The molecule has 21 heavy (non-hydrogen) atoms. The number of anilines is 2. The van der Waals surface area contributed by atoms with Gasteiger partial charge in [-0.1, -0.05) is 23.7 Å². The summed E-state index contributed by atoms with van der Waals surface area (Å²) < 4.78 is 13.3. The number of halogens is 2. The van der Waals surface area contributed by atoms with Crippen molar-refractivity contribution in [1.82, 2.24) is 0 Å². The van der Waals surface area contributed by atoms with E-state index in [4.69, 9.17) is 22.4 Å². The standard InChI is InChI=1S/C15H14ClFN2O2/c16-10-3-1-9(2-4-10)7-8-19-12-6-5-11(17)14(18)13(12)15(20)21/h1-6,19H,7-8,18H2,(H,20,21). The monoisotopic (exact) mass is 308 g/mol. The molecule has 0 fully saturated rings. The Morgan fingerprint density at radius 3 is 2.52 bits per heavy atom. The van der Waals surface area contributed by atoms with Crippen LogP contribution in [0.25, 0.3) is 0 Å². The van der Waals surface area contributed by atoms with Crippen LogP contribution < -0.4 is 11.1 Å². The zero-order chi connectivity index (χ0) is 15.4. The number of hydrogen-bond acceptors (Lipinski definition) is 3. The largest absolute Gasteiger partial charge is 0.478 e. The number of carboxylic acids is 1. The number of carbonyl (C=O) groups is 1. The summed E-state index contributed by atoms with van der Waals surface area (Å²) in [4.78, 5) is 11.2. The summed E-state index contributed by atoms with van der Waals surface area (Å²) in [6.45, 7) is 0.493. The van der Waals surface area contributed by atoms with E-state index in [0.29, 0.717) is 23.7 Å². The number of benzene rings is 2. The number of rotatable bonds is 5. The molecule has 4 nitrogen and oxygen atoms in total. The van der Waals surface area contributed by atoms with Crippen LogP contribution in [0.5, 0.6) is 0 Å². The van der Waals surface area contributed by atoms with Gasteiger partial charge in [0.2, 0.25) is 0 Å². The maximum absolute atomic E-state index is 13.3. The van der Waals surface area contributed by atoms with E-state index in [-0.39, 0.29) is 11.3 Å². The van der Waals surface area contributed by atoms with Gasteiger partial charge in [0.05, 0.1) is 11.4 Å². The number of nitrogen functional groups attached to an aromatic ring is 1. The molecule has 4 N–H and O–H groups in total. The van der Waals surface area contributed by atoms with Gasteiger partial charge in [-0.15, -0.1) is 0 Å². The second kappa shape index (κ2) is 6.45. The van der Waals surface area contributed by atoms with Crippen molar-refractivity contribution in [3.63, 3.8) is 0 Å². The van der Waals surface area contributed by atoms with Crippen molar-refractivity contribution >= 4 is 28.9 Å². The third kappa shape index (κ3) is 3.64. The maximum atomic E-state index is 13.3. The molecule has 2 aromatic carbocycles. The fraction of sp³-hybridized carbons (Fsp3) is 0.133. The molecular weight excluding hydrogens is 295 g/mol. The van der Waals surface area contributed by atoms with Gasteiger partial charge in [0.1, 0.15) is 11.4 Å². The quantitative estimate of drug-likeness (QED) is 0.740. The molecule has 0 saturated heterocycles. The van der Waals surface area contributed by atoms with E-state index in [1.54, 1.807) is 12.1 Å². The van der Waals surface area contributed by atoms with E-state index >= 15 is 0 Å². The summed E-state index contributed by atoms with van der Waals surface area (Å²) in [6.07, 6.45) is 0.674. The summed E-state index contributed by atoms with van der Waals surface area (Å²) in [7, 11) is 0. The van der Waals surface area contributed by atoms with Gasteiger partial charge in [-0.05, 0) is 36.2 Å². The third-order valence-electron chi connectivity index (χ3n) is 3.05. The zero-order valence-electron chi connectivity index (χ0n) is 11.1. The average molecular weight is 309 g/mol. The number of hydrogen-bond donors (Lipinski definition) is 3. The molecule has 0 aliphatic carbocycles. The first kappa shape index (κ1) is 15.1. The van der Waals surface area contributed by atoms with Crippen molar-refractivity contribution in [3.8, 4) is 0 Å². The molecule has 2 aromatic rings. The molecule has 0 amide bonds. The molecule has 0 heterocycles. The summed E-state index contributed by atoms with van der Waals surface area (Å²) in [5.74, 6) is -2.00. The minimum atomic E-state index is -1.26. The van der Waals surface area contributed by atoms with Gasteiger partial charge in [-0.25, -0.2) is 9.18 Å². The Hall–Kier alpha value is -2.27. The molecule has 0 aliphatic rings. The van der Waals surface area contributed by atoms with Gasteiger partial charge in [0, 0.05) is 11.6 Å². The molecule has 0 unspecified atom stereocenters. The van der Waals surface area contributed by atoms with Crippen LogP contribution in [-0.2, 0) is 6.42 Å². The average Bonchev–Trinajstić information content (AvgIpc) is 2.44. The fourth-order valence-electron chi connectivity index (χ4n) is 1.96. The van der Waals surface area contributed by atoms with Gasteiger partial charge in [-0.2, -0.15) is 0 Å². The molecule has 0 bridgehead atoms. The first-order valence-corrected chi connectivity index (χ1v) is 6.66. The lowest BCUT2D eigenvalue weighted by Gasteiger charge is -2.12. The summed E-state index contributed by atoms with van der Waals surface area (Å²) >= 11 is 5.80. The van der Waals surface area contributed by atoms with Gasteiger partial charge < -0.3 is 16.2 Å². The second-order valence-corrected chi connectivity index (χ2v) is 4.93. The van der Waals surface area contributed by atoms with Crippen LogP contribution in [0.4, 0.5) is 15.8 Å². The van der Waals surface area contributed by atoms with Crippen molar-refractivity contribution in [3.05, 3.63) is 58.4 Å². The lowest BCUT2D eigenvalue weighted by atomic mass is 10.1. The molecule has 0 spiro atoms. The first-order valence-electron chi connectivity index (χ1n) is 6.28. The smallest absolute Gasteiger partial charge is 0.340 e. The van der Waals surface area contributed by atoms with Crippen LogP contribution in [0, 0.1) is 5.82 Å². The van der Waals surface area contributed by atoms with Crippen molar-refractivity contribution < 1.29 is 14.3 Å². The zero-order valence-corrected chi connectivity index (χ0v) is 11.8. The van der Waals surface area contributed by atoms with E-state index in [0.717, 1.165) is 11.6 Å². The molecule has 110 valence electrons. The highest BCUT2D eigenvalue weighted by molar-refractivity contribution is 6.30. The van der Waals surface area contributed by atoms with E-state index in [1.807, 2.05) is 12.1 Å². The van der Waals surface area contributed by atoms with E-state index in [2.05, 4.69) is 5.32 Å². The minimum absolute atomic E-state index is 0.244. The first-order chi connectivity index (χ1) is 9.99. The topological polar surface area (TPSA) is 75.3 Å². The number of aromatic carboxylic acids is 1. The third-order valence-corrected chi connectivity index (χ3v) is 3.30. The van der Waals surface area contributed by atoms with Crippen LogP contribution in [0.15, 0.2) is 36.4 Å². The van der Waals surface area contributed by atoms with Gasteiger partial charge in [-0.3, -0.25) is 0 Å². The normalized spacial score (nSPS) is 10.4. The van der Waals surface area contributed by atoms with Crippen molar-refractivity contribution in [2.75, 3.05) is 17.6 Å². The second-order valence-electron chi connectivity index (χ2n) is 4.49. The molecule has 0 aromatic heterocycles. The Bertz CT molecular complexity index is 659. The van der Waals surface area contributed by atoms with Crippen molar-refractivity contribution in [2.45, 2.75) is 6.42 Å². The Balaban J connectivity index is 2.08. The van der Waals surface area contributed by atoms with Gasteiger partial charge in [0.15, 0.2) is 0 Å². The predicted molar refractivity (Wildman–Crippen MR) is 81.4 cm³/mol. The summed E-state index contributed by atoms with van der Waals surface area (Å²) in [5.41, 5.74) is 6.22. The van der Waals surface area contributed by atoms with Gasteiger partial charge in [0.25, 0.3) is 0 Å². The SMILES string of the molecule is Nc1c(F)ccc(NCCc2ccc(Cl)cc2)c1C(=O)O. The fourth-order valence-corrected chi connectivity index (χ4v) is 2.09. The highest BCUT2D eigenvalue weighted by Crippen LogP contribution is 2.25. The molecule has 0 radical (unpaired) electrons. The highest BCUT2D eigenvalue weighted by atomic mass is 35.5.